The minimum Gasteiger partial charge on any atom is -0.423 e. The first-order valence-electron chi connectivity index (χ1n) is 12.4. The van der Waals surface area contributed by atoms with Gasteiger partial charge in [0.05, 0.1) is 43.7 Å². The van der Waals surface area contributed by atoms with Gasteiger partial charge in [0.25, 0.3) is 0 Å². The number of hydrogen-bond donors (Lipinski definition) is 0. The first-order chi connectivity index (χ1) is 15.2. The van der Waals surface area contributed by atoms with Crippen molar-refractivity contribution in [1.82, 2.24) is 0 Å². The number of benzene rings is 1. The molecule has 184 valence electrons. The largest absolute Gasteiger partial charge is 0.423 e. The van der Waals surface area contributed by atoms with E-state index in [9.17, 15) is 4.79 Å². The Balaban J connectivity index is 2.08. The van der Waals surface area contributed by atoms with Gasteiger partial charge in [0.2, 0.25) is 0 Å². The standard InChI is InChI=1S/C26H43Cl3NO2/c1-4-5-6-7-8-9-10-11-12-13-14-15-18-30(2,3)19-16-17-25(31)32-26-23(28)20-22(27)21-24(26)29/h20-21H,4-19H2,1-3H3/q+1. The quantitative estimate of drug-likeness (QED) is 0.0856. The highest BCUT2D eigenvalue weighted by atomic mass is 35.5. The van der Waals surface area contributed by atoms with Crippen molar-refractivity contribution >= 4 is 40.8 Å². The van der Waals surface area contributed by atoms with E-state index >= 15 is 0 Å². The molecular formula is C26H43Cl3NO2+. The van der Waals surface area contributed by atoms with E-state index in [1.54, 1.807) is 0 Å². The summed E-state index contributed by atoms with van der Waals surface area (Å²) in [6.07, 6.45) is 17.5. The van der Waals surface area contributed by atoms with Crippen LogP contribution >= 0.6 is 34.8 Å². The maximum absolute atomic E-state index is 12.2. The van der Waals surface area contributed by atoms with Crippen LogP contribution in [0, 0.1) is 0 Å². The molecule has 32 heavy (non-hydrogen) atoms. The van der Waals surface area contributed by atoms with Crippen molar-refractivity contribution in [2.45, 2.75) is 96.8 Å². The zero-order chi connectivity index (χ0) is 23.8. The molecule has 3 nitrogen and oxygen atoms in total. The predicted molar refractivity (Wildman–Crippen MR) is 139 cm³/mol. The number of carbonyl (C=O) groups excluding carboxylic acids is 1. The summed E-state index contributed by atoms with van der Waals surface area (Å²) in [5, 5.41) is 0.912. The van der Waals surface area contributed by atoms with Crippen LogP contribution in [0.4, 0.5) is 0 Å². The molecule has 0 unspecified atom stereocenters. The minimum atomic E-state index is -0.318. The van der Waals surface area contributed by atoms with Crippen molar-refractivity contribution in [1.29, 1.82) is 0 Å². The molecule has 0 saturated carbocycles. The molecule has 1 rings (SSSR count). The zero-order valence-electron chi connectivity index (χ0n) is 20.4. The van der Waals surface area contributed by atoms with Gasteiger partial charge in [-0.3, -0.25) is 4.79 Å². The van der Waals surface area contributed by atoms with Gasteiger partial charge >= 0.3 is 5.97 Å². The second-order valence-corrected chi connectivity index (χ2v) is 10.8. The van der Waals surface area contributed by atoms with Crippen LogP contribution in [0.25, 0.3) is 0 Å². The molecule has 0 N–H and O–H groups in total. The lowest BCUT2D eigenvalue weighted by Crippen LogP contribution is -2.41. The van der Waals surface area contributed by atoms with Crippen LogP contribution in [0.5, 0.6) is 5.75 Å². The smallest absolute Gasteiger partial charge is 0.311 e. The summed E-state index contributed by atoms with van der Waals surface area (Å²) in [7, 11) is 4.47. The van der Waals surface area contributed by atoms with Crippen LogP contribution < -0.4 is 4.74 Å². The molecule has 0 fully saturated rings. The Bertz CT molecular complexity index is 641. The molecule has 0 aromatic heterocycles. The van der Waals surface area contributed by atoms with Gasteiger partial charge in [-0.15, -0.1) is 0 Å². The Labute approximate surface area is 211 Å². The van der Waals surface area contributed by atoms with Crippen molar-refractivity contribution in [3.63, 3.8) is 0 Å². The number of hydrogen-bond acceptors (Lipinski definition) is 2. The third-order valence-electron chi connectivity index (χ3n) is 5.94. The van der Waals surface area contributed by atoms with Crippen LogP contribution in [-0.4, -0.2) is 37.6 Å². The van der Waals surface area contributed by atoms with E-state index in [-0.39, 0.29) is 21.8 Å². The van der Waals surface area contributed by atoms with Gasteiger partial charge < -0.3 is 9.22 Å². The van der Waals surface area contributed by atoms with E-state index in [4.69, 9.17) is 39.5 Å². The van der Waals surface area contributed by atoms with Crippen LogP contribution in [0.15, 0.2) is 12.1 Å². The maximum atomic E-state index is 12.2. The summed E-state index contributed by atoms with van der Waals surface area (Å²) < 4.78 is 6.28. The normalized spacial score (nSPS) is 11.7. The van der Waals surface area contributed by atoms with E-state index in [1.165, 1.54) is 89.2 Å². The number of halogens is 3. The van der Waals surface area contributed by atoms with Gasteiger partial charge in [-0.05, 0) is 25.0 Å². The van der Waals surface area contributed by atoms with Crippen LogP contribution in [0.3, 0.4) is 0 Å². The topological polar surface area (TPSA) is 26.3 Å². The molecule has 0 aliphatic rings. The summed E-state index contributed by atoms with van der Waals surface area (Å²) >= 11 is 18.0. The van der Waals surface area contributed by atoms with E-state index in [0.29, 0.717) is 11.4 Å². The Morgan fingerprint density at radius 1 is 0.750 bits per heavy atom. The second kappa shape index (κ2) is 17.0. The number of quaternary nitrogens is 1. The fourth-order valence-electron chi connectivity index (χ4n) is 3.94. The highest BCUT2D eigenvalue weighted by Gasteiger charge is 2.17. The zero-order valence-corrected chi connectivity index (χ0v) is 22.6. The third kappa shape index (κ3) is 13.9. The van der Waals surface area contributed by atoms with E-state index in [2.05, 4.69) is 21.0 Å². The van der Waals surface area contributed by atoms with Gasteiger partial charge in [0, 0.05) is 11.4 Å². The van der Waals surface area contributed by atoms with Crippen molar-refractivity contribution in [2.75, 3.05) is 27.2 Å². The number of esters is 1. The van der Waals surface area contributed by atoms with Crippen molar-refractivity contribution in [3.05, 3.63) is 27.2 Å². The van der Waals surface area contributed by atoms with Gasteiger partial charge in [-0.1, -0.05) is 106 Å². The fraction of sp³-hybridized carbons (Fsp3) is 0.731. The number of ether oxygens (including phenoxy) is 1. The Hall–Kier alpha value is -0.480. The molecule has 6 heteroatoms. The summed E-state index contributed by atoms with van der Waals surface area (Å²) in [5.74, 6) is -0.130. The molecule has 0 bridgehead atoms. The molecule has 0 spiro atoms. The van der Waals surface area contributed by atoms with Gasteiger partial charge in [-0.2, -0.15) is 0 Å². The van der Waals surface area contributed by atoms with E-state index in [1.807, 2.05) is 0 Å². The number of carbonyl (C=O) groups is 1. The van der Waals surface area contributed by atoms with Crippen molar-refractivity contribution < 1.29 is 14.0 Å². The predicted octanol–water partition coefficient (Wildman–Crippen LogP) is 9.11. The maximum Gasteiger partial charge on any atom is 0.311 e. The first-order valence-corrected chi connectivity index (χ1v) is 13.6. The summed E-state index contributed by atoms with van der Waals surface area (Å²) in [6, 6.07) is 3.04. The fourth-order valence-corrected chi connectivity index (χ4v) is 4.83. The Kier molecular flexibility index (Phi) is 15.7. The molecule has 0 amide bonds. The Morgan fingerprint density at radius 3 is 1.69 bits per heavy atom. The SMILES string of the molecule is CCCCCCCCCCCCCC[N+](C)(C)CCCC(=O)Oc1c(Cl)cc(Cl)cc1Cl. The summed E-state index contributed by atoms with van der Waals surface area (Å²) in [5.41, 5.74) is 0. The number of nitrogens with zero attached hydrogens (tertiary/aromatic N) is 1. The molecule has 0 aliphatic carbocycles. The first kappa shape index (κ1) is 29.6. The van der Waals surface area contributed by atoms with Crippen molar-refractivity contribution in [3.8, 4) is 5.75 Å². The third-order valence-corrected chi connectivity index (χ3v) is 6.72. The molecule has 0 saturated heterocycles. The van der Waals surface area contributed by atoms with E-state index < -0.39 is 0 Å². The van der Waals surface area contributed by atoms with Crippen molar-refractivity contribution in [2.24, 2.45) is 0 Å². The van der Waals surface area contributed by atoms with Crippen LogP contribution in [0.2, 0.25) is 15.1 Å². The molecule has 0 radical (unpaired) electrons. The highest BCUT2D eigenvalue weighted by Crippen LogP contribution is 2.36. The van der Waals surface area contributed by atoms with Gasteiger partial charge in [-0.25, -0.2) is 0 Å². The van der Waals surface area contributed by atoms with Gasteiger partial charge in [0.15, 0.2) is 5.75 Å². The molecular weight excluding hydrogens is 465 g/mol. The second-order valence-electron chi connectivity index (χ2n) is 9.55. The molecule has 0 atom stereocenters. The molecule has 1 aromatic rings. The Morgan fingerprint density at radius 2 is 1.19 bits per heavy atom. The number of rotatable bonds is 18. The average molecular weight is 508 g/mol. The number of unbranched alkanes of at least 4 members (excludes halogenated alkanes) is 11. The lowest BCUT2D eigenvalue weighted by atomic mass is 10.1. The van der Waals surface area contributed by atoms with E-state index in [0.717, 1.165) is 24.0 Å². The lowest BCUT2D eigenvalue weighted by Gasteiger charge is -2.29. The average Bonchev–Trinajstić information content (AvgIpc) is 2.71. The van der Waals surface area contributed by atoms with Crippen LogP contribution in [-0.2, 0) is 4.79 Å². The minimum absolute atomic E-state index is 0.188. The van der Waals surface area contributed by atoms with Gasteiger partial charge in [0.1, 0.15) is 0 Å². The van der Waals surface area contributed by atoms with Crippen LogP contribution in [0.1, 0.15) is 96.8 Å². The summed E-state index contributed by atoms with van der Waals surface area (Å²) in [4.78, 5) is 12.2. The highest BCUT2D eigenvalue weighted by molar-refractivity contribution is 6.40. The lowest BCUT2D eigenvalue weighted by molar-refractivity contribution is -0.890. The summed E-state index contributed by atoms with van der Waals surface area (Å²) in [6.45, 7) is 4.35. The molecule has 0 heterocycles. The monoisotopic (exact) mass is 506 g/mol. The molecule has 0 aliphatic heterocycles. The molecule has 1 aromatic carbocycles.